The van der Waals surface area contributed by atoms with Crippen LogP contribution >= 0.6 is 0 Å². The molecule has 0 spiro atoms. The van der Waals surface area contributed by atoms with Gasteiger partial charge >= 0.3 is 29.6 Å². The molecule has 116 valence electrons. The summed E-state index contributed by atoms with van der Waals surface area (Å²) in [5.41, 5.74) is 5.02. The summed E-state index contributed by atoms with van der Waals surface area (Å²) in [6, 6.07) is 9.71. The molecule has 0 radical (unpaired) electrons. The second-order valence-corrected chi connectivity index (χ2v) is 7.76. The first-order valence-electron chi connectivity index (χ1n) is 7.50. The third kappa shape index (κ3) is 2.92. The molecule has 0 amide bonds. The van der Waals surface area contributed by atoms with Crippen LogP contribution in [0.15, 0.2) is 35.2 Å². The minimum Gasteiger partial charge on any atom is -0.744 e. The number of hydrogen-bond acceptors (Lipinski definition) is 3. The summed E-state index contributed by atoms with van der Waals surface area (Å²) in [4.78, 5) is -0.0117. The van der Waals surface area contributed by atoms with Gasteiger partial charge in [-0.25, -0.2) is 8.42 Å². The fourth-order valence-corrected chi connectivity index (χ4v) is 4.47. The zero-order chi connectivity index (χ0) is 16.2. The first kappa shape index (κ1) is 18.7. The zero-order valence-corrected chi connectivity index (χ0v) is 17.0. The SMILES string of the molecule is CC(C)c1cc2c(c(S(=O)(=O)[O-])c1C(C)C)-c1ccccc1-2.[Na+]. The van der Waals surface area contributed by atoms with Crippen LogP contribution in [0.5, 0.6) is 0 Å². The molecule has 5 heteroatoms. The molecule has 0 heterocycles. The number of rotatable bonds is 3. The molecule has 0 saturated carbocycles. The van der Waals surface area contributed by atoms with Crippen molar-refractivity contribution in [1.29, 1.82) is 0 Å². The van der Waals surface area contributed by atoms with Gasteiger partial charge in [-0.3, -0.25) is 0 Å². The molecule has 0 unspecified atom stereocenters. The molecule has 0 fully saturated rings. The maximum atomic E-state index is 12.0. The van der Waals surface area contributed by atoms with Gasteiger partial charge < -0.3 is 4.55 Å². The van der Waals surface area contributed by atoms with E-state index >= 15 is 0 Å². The Balaban J connectivity index is 0.00000192. The predicted octanol–water partition coefficient (Wildman–Crippen LogP) is 1.49. The van der Waals surface area contributed by atoms with Crippen molar-refractivity contribution in [2.75, 3.05) is 0 Å². The van der Waals surface area contributed by atoms with Crippen molar-refractivity contribution in [2.45, 2.75) is 44.4 Å². The van der Waals surface area contributed by atoms with E-state index in [1.165, 1.54) is 0 Å². The van der Waals surface area contributed by atoms with Crippen LogP contribution in [0, 0.1) is 0 Å². The number of benzene rings is 2. The summed E-state index contributed by atoms with van der Waals surface area (Å²) in [6.45, 7) is 7.93. The molecular weight excluding hydrogens is 319 g/mol. The van der Waals surface area contributed by atoms with Crippen LogP contribution < -0.4 is 29.6 Å². The second-order valence-electron chi connectivity index (χ2n) is 6.44. The first-order chi connectivity index (χ1) is 10.2. The quantitative estimate of drug-likeness (QED) is 0.537. The van der Waals surface area contributed by atoms with Crippen LogP contribution in [-0.4, -0.2) is 13.0 Å². The van der Waals surface area contributed by atoms with Gasteiger partial charge in [0.25, 0.3) is 0 Å². The Labute approximate surface area is 160 Å². The van der Waals surface area contributed by atoms with Gasteiger partial charge in [-0.1, -0.05) is 52.0 Å². The maximum absolute atomic E-state index is 12.0. The molecule has 1 aliphatic rings. The molecule has 23 heavy (non-hydrogen) atoms. The van der Waals surface area contributed by atoms with Gasteiger partial charge in [-0.05, 0) is 45.7 Å². The van der Waals surface area contributed by atoms with Crippen molar-refractivity contribution in [3.8, 4) is 22.3 Å². The summed E-state index contributed by atoms with van der Waals surface area (Å²) < 4.78 is 36.0. The van der Waals surface area contributed by atoms with Gasteiger partial charge in [0, 0.05) is 5.56 Å². The van der Waals surface area contributed by atoms with Crippen LogP contribution in [0.25, 0.3) is 22.3 Å². The Hall–Kier alpha value is -0.650. The van der Waals surface area contributed by atoms with E-state index in [0.717, 1.165) is 22.3 Å². The minimum absolute atomic E-state index is 0. The normalized spacial score (nSPS) is 12.5. The molecule has 0 saturated heterocycles. The monoisotopic (exact) mass is 338 g/mol. The standard InChI is InChI=1S/C18H20O3S.Na/c1-10(2)14-9-15-12-7-5-6-8-13(12)17(15)18(22(19,20)21)16(14)11(3)4;/h5-11H,1-4H3,(H,19,20,21);/q;+1/p-1. The average Bonchev–Trinajstić information content (AvgIpc) is 2.41. The second kappa shape index (κ2) is 6.34. The van der Waals surface area contributed by atoms with Crippen LogP contribution in [0.4, 0.5) is 0 Å². The molecule has 0 aromatic heterocycles. The summed E-state index contributed by atoms with van der Waals surface area (Å²) in [5, 5.41) is 0. The van der Waals surface area contributed by atoms with Crippen LogP contribution in [0.2, 0.25) is 0 Å². The Kier molecular flexibility index (Phi) is 5.15. The Morgan fingerprint density at radius 1 is 0.913 bits per heavy atom. The Bertz CT molecular complexity index is 868. The van der Waals surface area contributed by atoms with Crippen LogP contribution in [0.1, 0.15) is 50.7 Å². The molecule has 0 N–H and O–H groups in total. The molecule has 3 rings (SSSR count). The van der Waals surface area contributed by atoms with E-state index in [1.807, 2.05) is 52.0 Å². The largest absolute Gasteiger partial charge is 1.00 e. The zero-order valence-electron chi connectivity index (χ0n) is 14.2. The Morgan fingerprint density at radius 2 is 1.48 bits per heavy atom. The number of fused-ring (bicyclic) bond motifs is 4. The van der Waals surface area contributed by atoms with E-state index in [0.29, 0.717) is 11.1 Å². The van der Waals surface area contributed by atoms with Crippen molar-refractivity contribution >= 4 is 10.1 Å². The smallest absolute Gasteiger partial charge is 0.744 e. The minimum atomic E-state index is -4.53. The van der Waals surface area contributed by atoms with Crippen molar-refractivity contribution < 1.29 is 42.5 Å². The molecule has 1 aliphatic carbocycles. The fourth-order valence-electron chi connectivity index (χ4n) is 3.38. The van der Waals surface area contributed by atoms with Crippen molar-refractivity contribution in [1.82, 2.24) is 0 Å². The van der Waals surface area contributed by atoms with Gasteiger partial charge in [0.05, 0.1) is 4.90 Å². The third-order valence-corrected chi connectivity index (χ3v) is 5.21. The summed E-state index contributed by atoms with van der Waals surface area (Å²) >= 11 is 0. The van der Waals surface area contributed by atoms with E-state index in [9.17, 15) is 13.0 Å². The van der Waals surface area contributed by atoms with Gasteiger partial charge in [0.1, 0.15) is 10.1 Å². The van der Waals surface area contributed by atoms with E-state index in [4.69, 9.17) is 0 Å². The Morgan fingerprint density at radius 3 is 1.96 bits per heavy atom. The van der Waals surface area contributed by atoms with Crippen LogP contribution in [0.3, 0.4) is 0 Å². The molecule has 0 aliphatic heterocycles. The molecule has 0 atom stereocenters. The first-order valence-corrected chi connectivity index (χ1v) is 8.90. The molecule has 3 nitrogen and oxygen atoms in total. The molecular formula is C18H19NaO3S. The fraction of sp³-hybridized carbons (Fsp3) is 0.333. The van der Waals surface area contributed by atoms with Crippen molar-refractivity contribution in [3.05, 3.63) is 41.5 Å². The van der Waals surface area contributed by atoms with Gasteiger partial charge in [0.15, 0.2) is 0 Å². The van der Waals surface area contributed by atoms with E-state index in [2.05, 4.69) is 6.07 Å². The molecule has 0 bridgehead atoms. The summed E-state index contributed by atoms with van der Waals surface area (Å²) in [5.74, 6) is 0.144. The molecule has 2 aromatic carbocycles. The van der Waals surface area contributed by atoms with E-state index in [1.54, 1.807) is 0 Å². The van der Waals surface area contributed by atoms with Gasteiger partial charge in [-0.2, -0.15) is 0 Å². The molecule has 2 aromatic rings. The predicted molar refractivity (Wildman–Crippen MR) is 87.0 cm³/mol. The average molecular weight is 338 g/mol. The van der Waals surface area contributed by atoms with Crippen LogP contribution in [-0.2, 0) is 10.1 Å². The topological polar surface area (TPSA) is 57.2 Å². The number of hydrogen-bond donors (Lipinski definition) is 0. The summed E-state index contributed by atoms with van der Waals surface area (Å²) in [6.07, 6.45) is 0. The van der Waals surface area contributed by atoms with Crippen molar-refractivity contribution in [3.63, 3.8) is 0 Å². The van der Waals surface area contributed by atoms with E-state index in [-0.39, 0.29) is 46.3 Å². The van der Waals surface area contributed by atoms with E-state index < -0.39 is 10.1 Å². The van der Waals surface area contributed by atoms with Gasteiger partial charge in [0.2, 0.25) is 0 Å². The van der Waals surface area contributed by atoms with Crippen molar-refractivity contribution in [2.24, 2.45) is 0 Å². The van der Waals surface area contributed by atoms with Gasteiger partial charge in [-0.15, -0.1) is 0 Å². The maximum Gasteiger partial charge on any atom is 1.00 e. The third-order valence-electron chi connectivity index (χ3n) is 4.29. The summed E-state index contributed by atoms with van der Waals surface area (Å²) in [7, 11) is -4.53.